The SMILES string of the molecule is CCOC(=O)N1CCC(NC(N)=NCc2ccc(C)cc2OC2CCOC2)CC1.I. The van der Waals surface area contributed by atoms with Gasteiger partial charge in [-0.25, -0.2) is 9.79 Å². The number of carbonyl (C=O) groups excluding carboxylic acids is 1. The van der Waals surface area contributed by atoms with Crippen LogP contribution in [0.3, 0.4) is 0 Å². The molecule has 2 fully saturated rings. The summed E-state index contributed by atoms with van der Waals surface area (Å²) in [6.45, 7) is 7.39. The maximum atomic E-state index is 11.8. The average molecular weight is 532 g/mol. The molecule has 1 atom stereocenters. The number of hydrogen-bond acceptors (Lipinski definition) is 5. The molecule has 2 saturated heterocycles. The van der Waals surface area contributed by atoms with Crippen LogP contribution in [0.4, 0.5) is 4.79 Å². The monoisotopic (exact) mass is 532 g/mol. The van der Waals surface area contributed by atoms with Crippen molar-refractivity contribution in [3.63, 3.8) is 0 Å². The van der Waals surface area contributed by atoms with Crippen LogP contribution in [0.1, 0.15) is 37.3 Å². The van der Waals surface area contributed by atoms with E-state index in [1.54, 1.807) is 4.90 Å². The number of carbonyl (C=O) groups is 1. The number of nitrogens with two attached hydrogens (primary N) is 1. The second-order valence-electron chi connectivity index (χ2n) is 7.52. The third kappa shape index (κ3) is 7.19. The molecule has 0 spiro atoms. The molecule has 0 saturated carbocycles. The third-order valence-electron chi connectivity index (χ3n) is 5.20. The van der Waals surface area contributed by atoms with E-state index >= 15 is 0 Å². The van der Waals surface area contributed by atoms with Crippen molar-refractivity contribution >= 4 is 36.0 Å². The first kappa shape index (κ1) is 24.5. The summed E-state index contributed by atoms with van der Waals surface area (Å²) in [7, 11) is 0. The largest absolute Gasteiger partial charge is 0.488 e. The fourth-order valence-electron chi connectivity index (χ4n) is 3.53. The second kappa shape index (κ2) is 12.2. The Kier molecular flexibility index (Phi) is 9.96. The Bertz CT molecular complexity index is 717. The molecule has 8 nitrogen and oxygen atoms in total. The minimum atomic E-state index is -0.243. The molecule has 1 aromatic rings. The number of halogens is 1. The molecule has 1 unspecified atom stereocenters. The van der Waals surface area contributed by atoms with Gasteiger partial charge in [-0.15, -0.1) is 24.0 Å². The summed E-state index contributed by atoms with van der Waals surface area (Å²) in [4.78, 5) is 18.0. The number of aliphatic imine (C=N–C) groups is 1. The van der Waals surface area contributed by atoms with Crippen LogP contribution in [0.2, 0.25) is 0 Å². The van der Waals surface area contributed by atoms with Crippen molar-refractivity contribution in [1.82, 2.24) is 10.2 Å². The number of amides is 1. The van der Waals surface area contributed by atoms with E-state index in [1.165, 1.54) is 0 Å². The Balaban J connectivity index is 0.00000320. The molecule has 3 rings (SSSR count). The second-order valence-corrected chi connectivity index (χ2v) is 7.52. The van der Waals surface area contributed by atoms with Crippen molar-refractivity contribution in [1.29, 1.82) is 0 Å². The van der Waals surface area contributed by atoms with Crippen LogP contribution in [0.5, 0.6) is 5.75 Å². The Morgan fingerprint density at radius 2 is 2.10 bits per heavy atom. The van der Waals surface area contributed by atoms with Crippen LogP contribution in [-0.4, -0.2) is 62.0 Å². The van der Waals surface area contributed by atoms with Crippen molar-refractivity contribution in [2.75, 3.05) is 32.9 Å². The van der Waals surface area contributed by atoms with E-state index in [0.717, 1.165) is 42.7 Å². The summed E-state index contributed by atoms with van der Waals surface area (Å²) < 4.78 is 16.6. The number of nitrogens with one attached hydrogen (secondary N) is 1. The zero-order chi connectivity index (χ0) is 20.6. The summed E-state index contributed by atoms with van der Waals surface area (Å²) in [5, 5.41) is 3.27. The lowest BCUT2D eigenvalue weighted by Gasteiger charge is -2.31. The molecule has 1 amide bonds. The number of likely N-dealkylation sites (tertiary alicyclic amines) is 1. The van der Waals surface area contributed by atoms with Crippen LogP contribution in [-0.2, 0) is 16.0 Å². The molecule has 0 aromatic heterocycles. The normalized spacial score (nSPS) is 19.9. The molecule has 0 radical (unpaired) electrons. The number of guanidine groups is 1. The van der Waals surface area contributed by atoms with Gasteiger partial charge in [0.15, 0.2) is 5.96 Å². The molecule has 2 heterocycles. The van der Waals surface area contributed by atoms with Gasteiger partial charge >= 0.3 is 6.09 Å². The van der Waals surface area contributed by atoms with E-state index in [-0.39, 0.29) is 42.2 Å². The molecule has 9 heteroatoms. The molecule has 3 N–H and O–H groups in total. The minimum absolute atomic E-state index is 0. The quantitative estimate of drug-likeness (QED) is 0.332. The first-order valence-corrected chi connectivity index (χ1v) is 10.4. The lowest BCUT2D eigenvalue weighted by atomic mass is 10.1. The summed E-state index contributed by atoms with van der Waals surface area (Å²) in [6.07, 6.45) is 2.39. The standard InChI is InChI=1S/C21H32N4O4.HI/c1-3-28-21(26)25-9-6-17(7-10-25)24-20(22)23-13-16-5-4-15(2)12-19(16)29-18-8-11-27-14-18;/h4-5,12,17-18H,3,6-11,13-14H2,1-2H3,(H3,22,23,24);1H. The van der Waals surface area contributed by atoms with Gasteiger partial charge in [0.1, 0.15) is 11.9 Å². The Labute approximate surface area is 195 Å². The highest BCUT2D eigenvalue weighted by atomic mass is 127. The molecular formula is C21H33IN4O4. The molecule has 30 heavy (non-hydrogen) atoms. The molecule has 2 aliphatic rings. The number of aryl methyl sites for hydroxylation is 1. The summed E-state index contributed by atoms with van der Waals surface area (Å²) >= 11 is 0. The first-order valence-electron chi connectivity index (χ1n) is 10.4. The summed E-state index contributed by atoms with van der Waals surface area (Å²) in [5.41, 5.74) is 8.26. The van der Waals surface area contributed by atoms with E-state index in [0.29, 0.717) is 38.8 Å². The van der Waals surface area contributed by atoms with Gasteiger partial charge in [0.2, 0.25) is 0 Å². The van der Waals surface area contributed by atoms with Gasteiger partial charge in [-0.3, -0.25) is 0 Å². The fraction of sp³-hybridized carbons (Fsp3) is 0.619. The number of benzene rings is 1. The van der Waals surface area contributed by atoms with Crippen molar-refractivity contribution in [2.24, 2.45) is 10.7 Å². The van der Waals surface area contributed by atoms with Crippen LogP contribution in [0.25, 0.3) is 0 Å². The van der Waals surface area contributed by atoms with Gasteiger partial charge in [-0.2, -0.15) is 0 Å². The number of rotatable bonds is 6. The van der Waals surface area contributed by atoms with E-state index in [4.69, 9.17) is 19.9 Å². The number of nitrogens with zero attached hydrogens (tertiary/aromatic N) is 2. The topological polar surface area (TPSA) is 98.4 Å². The van der Waals surface area contributed by atoms with Crippen LogP contribution in [0, 0.1) is 6.92 Å². The van der Waals surface area contributed by atoms with E-state index in [9.17, 15) is 4.79 Å². The van der Waals surface area contributed by atoms with Gasteiger partial charge in [-0.1, -0.05) is 12.1 Å². The van der Waals surface area contributed by atoms with Crippen LogP contribution < -0.4 is 15.8 Å². The minimum Gasteiger partial charge on any atom is -0.488 e. The predicted octanol–water partition coefficient (Wildman–Crippen LogP) is 2.81. The zero-order valence-corrected chi connectivity index (χ0v) is 20.1. The van der Waals surface area contributed by atoms with Crippen molar-refractivity contribution < 1.29 is 19.0 Å². The summed E-state index contributed by atoms with van der Waals surface area (Å²) in [5.74, 6) is 1.26. The smallest absolute Gasteiger partial charge is 0.409 e. The Hall–Kier alpha value is -1.75. The van der Waals surface area contributed by atoms with E-state index < -0.39 is 0 Å². The lowest BCUT2D eigenvalue weighted by Crippen LogP contribution is -2.48. The number of ether oxygens (including phenoxy) is 3. The highest BCUT2D eigenvalue weighted by Crippen LogP contribution is 2.24. The first-order chi connectivity index (χ1) is 14.0. The third-order valence-corrected chi connectivity index (χ3v) is 5.20. The molecular weight excluding hydrogens is 499 g/mol. The fourth-order valence-corrected chi connectivity index (χ4v) is 3.53. The van der Waals surface area contributed by atoms with Gasteiger partial charge in [0.25, 0.3) is 0 Å². The molecule has 1 aromatic carbocycles. The summed E-state index contributed by atoms with van der Waals surface area (Å²) in [6, 6.07) is 6.33. The molecule has 2 aliphatic heterocycles. The van der Waals surface area contributed by atoms with Gasteiger partial charge in [-0.05, 0) is 38.3 Å². The Morgan fingerprint density at radius 3 is 2.77 bits per heavy atom. The van der Waals surface area contributed by atoms with Crippen molar-refractivity contribution in [3.8, 4) is 5.75 Å². The van der Waals surface area contributed by atoms with Gasteiger partial charge in [0.05, 0.1) is 26.4 Å². The highest BCUT2D eigenvalue weighted by molar-refractivity contribution is 14.0. The Morgan fingerprint density at radius 1 is 1.33 bits per heavy atom. The van der Waals surface area contributed by atoms with Crippen molar-refractivity contribution in [3.05, 3.63) is 29.3 Å². The number of piperidine rings is 1. The van der Waals surface area contributed by atoms with Crippen LogP contribution >= 0.6 is 24.0 Å². The van der Waals surface area contributed by atoms with E-state index in [2.05, 4.69) is 16.4 Å². The molecule has 168 valence electrons. The zero-order valence-electron chi connectivity index (χ0n) is 17.8. The van der Waals surface area contributed by atoms with E-state index in [1.807, 2.05) is 26.0 Å². The number of hydrogen-bond donors (Lipinski definition) is 2. The maximum absolute atomic E-state index is 11.8. The average Bonchev–Trinajstić information content (AvgIpc) is 3.21. The van der Waals surface area contributed by atoms with Gasteiger partial charge in [0, 0.05) is 31.1 Å². The maximum Gasteiger partial charge on any atom is 0.409 e. The predicted molar refractivity (Wildman–Crippen MR) is 127 cm³/mol. The van der Waals surface area contributed by atoms with Crippen molar-refractivity contribution in [2.45, 2.75) is 51.8 Å². The lowest BCUT2D eigenvalue weighted by molar-refractivity contribution is 0.0963. The highest BCUT2D eigenvalue weighted by Gasteiger charge is 2.24. The van der Waals surface area contributed by atoms with Gasteiger partial charge < -0.3 is 30.2 Å². The van der Waals surface area contributed by atoms with Crippen LogP contribution in [0.15, 0.2) is 23.2 Å². The molecule has 0 aliphatic carbocycles. The molecule has 0 bridgehead atoms.